The van der Waals surface area contributed by atoms with E-state index in [9.17, 15) is 22.8 Å². The minimum atomic E-state index is -4.24. The molecule has 0 radical (unpaired) electrons. The zero-order valence-corrected chi connectivity index (χ0v) is 24.9. The Bertz CT molecular complexity index is 1820. The van der Waals surface area contributed by atoms with Gasteiger partial charge in [0.1, 0.15) is 5.82 Å². The van der Waals surface area contributed by atoms with Crippen molar-refractivity contribution in [2.24, 2.45) is 0 Å². The lowest BCUT2D eigenvalue weighted by Gasteiger charge is -2.08. The van der Waals surface area contributed by atoms with Crippen molar-refractivity contribution in [2.45, 2.75) is 34.6 Å². The third kappa shape index (κ3) is 6.50. The number of thioether (sulfide) groups is 1. The highest BCUT2D eigenvalue weighted by Crippen LogP contribution is 2.44. The number of halogens is 1. The summed E-state index contributed by atoms with van der Waals surface area (Å²) in [4.78, 5) is 13.6. The van der Waals surface area contributed by atoms with Gasteiger partial charge in [0.2, 0.25) is 0 Å². The van der Waals surface area contributed by atoms with E-state index in [2.05, 4.69) is 9.79 Å². The van der Waals surface area contributed by atoms with E-state index in [-0.39, 0.29) is 35.9 Å². The number of allylic oxidation sites excluding steroid dienone is 2. The summed E-state index contributed by atoms with van der Waals surface area (Å²) in [5, 5.41) is 14.7. The van der Waals surface area contributed by atoms with Gasteiger partial charge in [0.15, 0.2) is 0 Å². The molecule has 222 valence electrons. The summed E-state index contributed by atoms with van der Waals surface area (Å²) < 4.78 is 55.2. The maximum atomic E-state index is 14.2. The Balaban J connectivity index is 1.22. The Hall–Kier alpha value is -4.42. The molecule has 9 nitrogen and oxygen atoms in total. The summed E-state index contributed by atoms with van der Waals surface area (Å²) in [5.41, 5.74) is 4.93. The van der Waals surface area contributed by atoms with Gasteiger partial charge in [0, 0.05) is 11.3 Å². The molecule has 1 aliphatic rings. The molecule has 0 fully saturated rings. The van der Waals surface area contributed by atoms with Gasteiger partial charge >= 0.3 is 16.9 Å². The van der Waals surface area contributed by atoms with Crippen molar-refractivity contribution in [2.75, 3.05) is 19.5 Å². The smallest absolute Gasteiger partial charge is 0.414 e. The van der Waals surface area contributed by atoms with Crippen LogP contribution in [0, 0.1) is 11.0 Å². The number of nitrogens with zero attached hydrogens (tertiary/aromatic N) is 2. The topological polar surface area (TPSA) is 123 Å². The van der Waals surface area contributed by atoms with Crippen molar-refractivity contribution in [1.82, 2.24) is 5.16 Å². The molecular formula is C31H27FN2O7S2. The molecular weight excluding hydrogens is 595 g/mol. The molecule has 5 rings (SSSR count). The lowest BCUT2D eigenvalue weighted by Crippen LogP contribution is -2.31. The Morgan fingerprint density at radius 2 is 1.81 bits per heavy atom. The van der Waals surface area contributed by atoms with Gasteiger partial charge in [-0.15, -0.1) is 11.8 Å². The first-order valence-electron chi connectivity index (χ1n) is 13.2. The number of ether oxygens (including phenoxy) is 2. The van der Waals surface area contributed by atoms with Gasteiger partial charge in [-0.1, -0.05) is 36.4 Å². The third-order valence-electron chi connectivity index (χ3n) is 6.85. The summed E-state index contributed by atoms with van der Waals surface area (Å²) in [6.45, 7) is 1.76. The third-order valence-corrected chi connectivity index (χ3v) is 9.32. The van der Waals surface area contributed by atoms with Crippen LogP contribution in [0.15, 0.2) is 97.8 Å². The summed E-state index contributed by atoms with van der Waals surface area (Å²) in [6, 6.07) is 20.0. The van der Waals surface area contributed by atoms with E-state index in [0.29, 0.717) is 11.1 Å². The molecule has 0 unspecified atom stereocenters. The molecule has 0 N–H and O–H groups in total. The molecule has 1 aromatic heterocycles. The molecule has 0 amide bonds. The van der Waals surface area contributed by atoms with Crippen molar-refractivity contribution in [1.29, 1.82) is 0 Å². The van der Waals surface area contributed by atoms with Crippen LogP contribution in [-0.4, -0.2) is 39.0 Å². The second-order valence-electron chi connectivity index (χ2n) is 9.58. The van der Waals surface area contributed by atoms with Gasteiger partial charge in [0.25, 0.3) is 9.84 Å². The van der Waals surface area contributed by atoms with E-state index in [0.717, 1.165) is 27.2 Å². The average Bonchev–Trinajstić information content (AvgIpc) is 3.50. The van der Waals surface area contributed by atoms with Crippen LogP contribution in [-0.2, 0) is 19.4 Å². The highest BCUT2D eigenvalue weighted by atomic mass is 32.2. The van der Waals surface area contributed by atoms with E-state index in [1.54, 1.807) is 23.9 Å². The first-order valence-corrected chi connectivity index (χ1v) is 15.9. The number of aromatic nitrogens is 2. The van der Waals surface area contributed by atoms with Crippen molar-refractivity contribution in [3.8, 4) is 5.88 Å². The number of hydrogen-bond acceptors (Lipinski definition) is 9. The summed E-state index contributed by atoms with van der Waals surface area (Å²) in [6.07, 6.45) is 4.15. The van der Waals surface area contributed by atoms with Crippen LogP contribution in [0.5, 0.6) is 5.88 Å². The minimum absolute atomic E-state index is 0.0400. The normalized spacial score (nSPS) is 13.8. The van der Waals surface area contributed by atoms with Crippen LogP contribution < -0.4 is 9.64 Å². The number of rotatable bonds is 11. The van der Waals surface area contributed by atoms with Gasteiger partial charge in [-0.2, -0.15) is 0 Å². The fraction of sp³-hybridized carbons (Fsp3) is 0.194. The van der Waals surface area contributed by atoms with Crippen LogP contribution in [0.2, 0.25) is 0 Å². The molecule has 0 bridgehead atoms. The molecule has 43 heavy (non-hydrogen) atoms. The molecule has 1 aliphatic carbocycles. The van der Waals surface area contributed by atoms with E-state index >= 15 is 0 Å². The van der Waals surface area contributed by atoms with Crippen molar-refractivity contribution >= 4 is 44.8 Å². The van der Waals surface area contributed by atoms with Gasteiger partial charge in [-0.3, -0.25) is 9.42 Å². The first-order chi connectivity index (χ1) is 20.7. The highest BCUT2D eigenvalue weighted by Gasteiger charge is 2.35. The predicted octanol–water partition coefficient (Wildman–Crippen LogP) is 5.73. The van der Waals surface area contributed by atoms with Crippen LogP contribution >= 0.6 is 11.8 Å². The molecule has 0 spiro atoms. The van der Waals surface area contributed by atoms with Crippen molar-refractivity contribution in [3.05, 3.63) is 106 Å². The van der Waals surface area contributed by atoms with Gasteiger partial charge in [-0.25, -0.2) is 12.8 Å². The summed E-state index contributed by atoms with van der Waals surface area (Å²) in [7, 11) is -4.24. The van der Waals surface area contributed by atoms with Crippen LogP contribution in [0.25, 0.3) is 17.2 Å². The Labute approximate surface area is 252 Å². The van der Waals surface area contributed by atoms with Crippen molar-refractivity contribution < 1.29 is 36.6 Å². The maximum absolute atomic E-state index is 14.2. The van der Waals surface area contributed by atoms with Crippen LogP contribution in [0.1, 0.15) is 36.5 Å². The second-order valence-corrected chi connectivity index (χ2v) is 12.3. The zero-order chi connectivity index (χ0) is 30.6. The largest absolute Gasteiger partial charge is 0.465 e. The quantitative estimate of drug-likeness (QED) is 0.0893. The van der Waals surface area contributed by atoms with Gasteiger partial charge in [-0.05, 0) is 94.0 Å². The lowest BCUT2D eigenvalue weighted by atomic mass is 10.0. The van der Waals surface area contributed by atoms with Crippen molar-refractivity contribution in [3.63, 3.8) is 0 Å². The molecule has 12 heteroatoms. The van der Waals surface area contributed by atoms with E-state index < -0.39 is 32.5 Å². The van der Waals surface area contributed by atoms with E-state index in [1.165, 1.54) is 36.4 Å². The molecule has 4 aromatic rings. The number of fused-ring (bicyclic) bond motifs is 1. The van der Waals surface area contributed by atoms with Crippen LogP contribution in [0.3, 0.4) is 0 Å². The Morgan fingerprint density at radius 1 is 1.07 bits per heavy atom. The number of sulfone groups is 1. The molecule has 3 aromatic carbocycles. The highest BCUT2D eigenvalue weighted by molar-refractivity contribution is 7.98. The second kappa shape index (κ2) is 12.8. The fourth-order valence-electron chi connectivity index (χ4n) is 4.70. The lowest BCUT2D eigenvalue weighted by molar-refractivity contribution is -0.832. The van der Waals surface area contributed by atoms with E-state index in [1.807, 2.05) is 43.5 Å². The SMILES string of the molecule is CSc1ccc(/C=C2/C(C)=C(CC(=O)OCCCOc3no[n+]([O-])c3S(=O)(=O)c3ccccc3)c3cc(F)ccc32)cc1. The summed E-state index contributed by atoms with van der Waals surface area (Å²) >= 11 is 1.65. The molecule has 0 atom stereocenters. The molecule has 0 saturated carbocycles. The maximum Gasteiger partial charge on any atom is 0.414 e. The molecule has 0 aliphatic heterocycles. The van der Waals surface area contributed by atoms with Crippen LogP contribution in [0.4, 0.5) is 4.39 Å². The monoisotopic (exact) mass is 622 g/mol. The average molecular weight is 623 g/mol. The molecule has 0 saturated heterocycles. The summed E-state index contributed by atoms with van der Waals surface area (Å²) in [5.74, 6) is -1.40. The zero-order valence-electron chi connectivity index (χ0n) is 23.3. The fourth-order valence-corrected chi connectivity index (χ4v) is 6.40. The number of carbonyl (C=O) groups excluding carboxylic acids is 1. The predicted molar refractivity (Wildman–Crippen MR) is 158 cm³/mol. The standard InChI is InChI=1S/C31H27FN2O7S2/c1-20-26(17-21-9-12-23(42-2)13-10-21)25-14-11-22(32)18-28(25)27(20)19-29(35)39-15-6-16-40-30-31(34(36)41-33-30)43(37,38)24-7-4-3-5-8-24/h3-5,7-14,17-18H,6,15-16,19H2,1-2H3/b26-17-. The minimum Gasteiger partial charge on any atom is -0.465 e. The molecule has 1 heterocycles. The van der Waals surface area contributed by atoms with Gasteiger partial charge < -0.3 is 14.7 Å². The number of esters is 1. The first kappa shape index (κ1) is 30.1. The number of carbonyl (C=O) groups is 1. The van der Waals surface area contributed by atoms with E-state index in [4.69, 9.17) is 9.47 Å². The number of benzene rings is 3. The van der Waals surface area contributed by atoms with Gasteiger partial charge in [0.05, 0.1) is 29.7 Å². The Morgan fingerprint density at radius 3 is 2.53 bits per heavy atom. The number of hydrogen-bond donors (Lipinski definition) is 0. The Kier molecular flexibility index (Phi) is 8.97.